The number of methoxy groups -OCH3 is 1. The van der Waals surface area contributed by atoms with Crippen molar-refractivity contribution in [3.8, 4) is 11.1 Å². The van der Waals surface area contributed by atoms with Crippen LogP contribution >= 0.6 is 0 Å². The van der Waals surface area contributed by atoms with Gasteiger partial charge in [0.2, 0.25) is 0 Å². The zero-order valence-corrected chi connectivity index (χ0v) is 12.9. The highest BCUT2D eigenvalue weighted by Gasteiger charge is 2.12. The van der Waals surface area contributed by atoms with Crippen LogP contribution in [0.5, 0.6) is 0 Å². The Kier molecular flexibility index (Phi) is 5.06. The minimum Gasteiger partial charge on any atom is -0.383 e. The van der Waals surface area contributed by atoms with Gasteiger partial charge < -0.3 is 9.64 Å². The summed E-state index contributed by atoms with van der Waals surface area (Å²) in [7, 11) is 3.33. The van der Waals surface area contributed by atoms with Gasteiger partial charge in [-0.15, -0.1) is 0 Å². The fourth-order valence-corrected chi connectivity index (χ4v) is 2.06. The Morgan fingerprint density at radius 1 is 1.32 bits per heavy atom. The van der Waals surface area contributed by atoms with Gasteiger partial charge >= 0.3 is 0 Å². The van der Waals surface area contributed by atoms with E-state index in [0.29, 0.717) is 24.3 Å². The summed E-state index contributed by atoms with van der Waals surface area (Å²) in [6, 6.07) is 8.69. The number of nitrogens with one attached hydrogen (secondary N) is 1. The van der Waals surface area contributed by atoms with Crippen molar-refractivity contribution in [2.75, 3.05) is 27.3 Å². The van der Waals surface area contributed by atoms with Gasteiger partial charge in [0.15, 0.2) is 0 Å². The molecule has 1 N–H and O–H groups in total. The maximum Gasteiger partial charge on any atom is 0.272 e. The Bertz CT molecular complexity index is 707. The molecule has 0 aliphatic carbocycles. The fraction of sp³-hybridized carbons (Fsp3) is 0.312. The zero-order valence-electron chi connectivity index (χ0n) is 12.9. The lowest BCUT2D eigenvalue weighted by Gasteiger charge is -2.16. The number of amides is 1. The van der Waals surface area contributed by atoms with Gasteiger partial charge in [-0.1, -0.05) is 12.1 Å². The van der Waals surface area contributed by atoms with Crippen molar-refractivity contribution in [2.45, 2.75) is 6.92 Å². The van der Waals surface area contributed by atoms with Crippen molar-refractivity contribution in [3.63, 3.8) is 0 Å². The molecular formula is C16H19N3O3. The fourth-order valence-electron chi connectivity index (χ4n) is 2.06. The molecule has 6 heteroatoms. The number of likely N-dealkylation sites (N-methyl/N-ethyl adjacent to an activating group) is 1. The van der Waals surface area contributed by atoms with Crippen molar-refractivity contribution in [1.29, 1.82) is 0 Å². The molecule has 0 saturated heterocycles. The van der Waals surface area contributed by atoms with Crippen LogP contribution in [0.3, 0.4) is 0 Å². The zero-order chi connectivity index (χ0) is 16.1. The molecule has 0 saturated carbocycles. The summed E-state index contributed by atoms with van der Waals surface area (Å²) in [5, 5.41) is 6.30. The SMILES string of the molecule is COCCN(C)C(=O)c1ccc(-c2cc(C)n[nH]c2=O)cc1. The molecule has 1 heterocycles. The van der Waals surface area contributed by atoms with E-state index in [1.807, 2.05) is 6.92 Å². The van der Waals surface area contributed by atoms with Gasteiger partial charge in [-0.2, -0.15) is 5.10 Å². The first-order valence-corrected chi connectivity index (χ1v) is 6.94. The summed E-state index contributed by atoms with van der Waals surface area (Å²) in [5.74, 6) is -0.0802. The van der Waals surface area contributed by atoms with Crippen LogP contribution in [0.2, 0.25) is 0 Å². The molecular weight excluding hydrogens is 282 g/mol. The first kappa shape index (κ1) is 15.9. The minimum absolute atomic E-state index is 0.0802. The van der Waals surface area contributed by atoms with E-state index in [0.717, 1.165) is 11.3 Å². The van der Waals surface area contributed by atoms with Gasteiger partial charge in [0.1, 0.15) is 0 Å². The van der Waals surface area contributed by atoms with E-state index in [1.54, 1.807) is 49.4 Å². The van der Waals surface area contributed by atoms with Crippen molar-refractivity contribution in [1.82, 2.24) is 15.1 Å². The van der Waals surface area contributed by atoms with Crippen LogP contribution < -0.4 is 5.56 Å². The van der Waals surface area contributed by atoms with Gasteiger partial charge in [-0.3, -0.25) is 9.59 Å². The summed E-state index contributed by atoms with van der Waals surface area (Å²) in [6.45, 7) is 2.83. The number of ether oxygens (including phenoxy) is 1. The number of aromatic nitrogens is 2. The Balaban J connectivity index is 2.22. The molecule has 0 bridgehead atoms. The van der Waals surface area contributed by atoms with Crippen molar-refractivity contribution < 1.29 is 9.53 Å². The normalized spacial score (nSPS) is 10.5. The van der Waals surface area contributed by atoms with Gasteiger partial charge in [0.05, 0.1) is 17.9 Å². The standard InChI is InChI=1S/C16H19N3O3/c1-11-10-14(15(20)18-17-11)12-4-6-13(7-5-12)16(21)19(2)8-9-22-3/h4-7,10H,8-9H2,1-3H3,(H,18,20). The third kappa shape index (κ3) is 3.59. The predicted molar refractivity (Wildman–Crippen MR) is 83.9 cm³/mol. The Hall–Kier alpha value is -2.47. The second-order valence-electron chi connectivity index (χ2n) is 5.05. The average molecular weight is 301 g/mol. The number of H-pyrrole nitrogens is 1. The summed E-state index contributed by atoms with van der Waals surface area (Å²) in [4.78, 5) is 25.6. The predicted octanol–water partition coefficient (Wildman–Crippen LogP) is 1.46. The number of hydrogen-bond acceptors (Lipinski definition) is 4. The van der Waals surface area contributed by atoms with Crippen LogP contribution in [0.15, 0.2) is 35.1 Å². The highest BCUT2D eigenvalue weighted by atomic mass is 16.5. The number of carbonyl (C=O) groups excluding carboxylic acids is 1. The number of rotatable bonds is 5. The molecule has 22 heavy (non-hydrogen) atoms. The molecule has 116 valence electrons. The number of aryl methyl sites for hydroxylation is 1. The molecule has 0 aliphatic heterocycles. The second-order valence-corrected chi connectivity index (χ2v) is 5.05. The van der Waals surface area contributed by atoms with E-state index in [-0.39, 0.29) is 11.5 Å². The second kappa shape index (κ2) is 7.00. The number of benzene rings is 1. The van der Waals surface area contributed by atoms with Crippen molar-refractivity contribution in [2.24, 2.45) is 0 Å². The molecule has 0 spiro atoms. The summed E-state index contributed by atoms with van der Waals surface area (Å²) >= 11 is 0. The summed E-state index contributed by atoms with van der Waals surface area (Å²) < 4.78 is 4.96. The van der Waals surface area contributed by atoms with Crippen molar-refractivity contribution >= 4 is 5.91 Å². The molecule has 0 radical (unpaired) electrons. The maximum absolute atomic E-state index is 12.2. The van der Waals surface area contributed by atoms with Gasteiger partial charge in [-0.25, -0.2) is 5.10 Å². The monoisotopic (exact) mass is 301 g/mol. The summed E-state index contributed by atoms with van der Waals surface area (Å²) in [6.07, 6.45) is 0. The smallest absolute Gasteiger partial charge is 0.272 e. The largest absolute Gasteiger partial charge is 0.383 e. The molecule has 1 aromatic carbocycles. The Morgan fingerprint density at radius 2 is 2.00 bits per heavy atom. The van der Waals surface area contributed by atoms with Crippen LogP contribution in [-0.2, 0) is 4.74 Å². The molecule has 2 rings (SSSR count). The third-order valence-corrected chi connectivity index (χ3v) is 3.35. The quantitative estimate of drug-likeness (QED) is 0.907. The number of hydrogen-bond donors (Lipinski definition) is 1. The first-order chi connectivity index (χ1) is 10.5. The number of carbonyl (C=O) groups is 1. The Labute approximate surface area is 128 Å². The van der Waals surface area contributed by atoms with Gasteiger partial charge in [0, 0.05) is 26.3 Å². The minimum atomic E-state index is -0.248. The van der Waals surface area contributed by atoms with Crippen LogP contribution in [0.25, 0.3) is 11.1 Å². The van der Waals surface area contributed by atoms with Gasteiger partial charge in [0.25, 0.3) is 11.5 Å². The van der Waals surface area contributed by atoms with E-state index >= 15 is 0 Å². The molecule has 0 atom stereocenters. The van der Waals surface area contributed by atoms with Crippen LogP contribution in [0.4, 0.5) is 0 Å². The topological polar surface area (TPSA) is 75.3 Å². The maximum atomic E-state index is 12.2. The van der Waals surface area contributed by atoms with E-state index in [1.165, 1.54) is 0 Å². The van der Waals surface area contributed by atoms with Crippen molar-refractivity contribution in [3.05, 3.63) is 51.9 Å². The molecule has 6 nitrogen and oxygen atoms in total. The van der Waals surface area contributed by atoms with Gasteiger partial charge in [-0.05, 0) is 30.7 Å². The van der Waals surface area contributed by atoms with E-state index < -0.39 is 0 Å². The van der Waals surface area contributed by atoms with E-state index in [9.17, 15) is 9.59 Å². The average Bonchev–Trinajstić information content (AvgIpc) is 2.54. The van der Waals surface area contributed by atoms with Crippen LogP contribution in [0.1, 0.15) is 16.1 Å². The Morgan fingerprint density at radius 3 is 2.64 bits per heavy atom. The molecule has 0 unspecified atom stereocenters. The number of nitrogens with zero attached hydrogens (tertiary/aromatic N) is 2. The molecule has 0 aliphatic rings. The van der Waals surface area contributed by atoms with Crippen LogP contribution in [0, 0.1) is 6.92 Å². The lowest BCUT2D eigenvalue weighted by atomic mass is 10.0. The highest BCUT2D eigenvalue weighted by Crippen LogP contribution is 2.17. The highest BCUT2D eigenvalue weighted by molar-refractivity contribution is 5.94. The first-order valence-electron chi connectivity index (χ1n) is 6.94. The molecule has 1 aromatic heterocycles. The lowest BCUT2D eigenvalue weighted by Crippen LogP contribution is -2.29. The molecule has 0 fully saturated rings. The third-order valence-electron chi connectivity index (χ3n) is 3.35. The number of aromatic amines is 1. The van der Waals surface area contributed by atoms with E-state index in [2.05, 4.69) is 10.2 Å². The molecule has 2 aromatic rings. The summed E-state index contributed by atoms with van der Waals surface area (Å²) in [5.41, 5.74) is 2.35. The lowest BCUT2D eigenvalue weighted by molar-refractivity contribution is 0.0744. The van der Waals surface area contributed by atoms with E-state index in [4.69, 9.17) is 4.74 Å². The van der Waals surface area contributed by atoms with Crippen LogP contribution in [-0.4, -0.2) is 48.3 Å². The molecule has 1 amide bonds.